The zero-order valence-corrected chi connectivity index (χ0v) is 17.7. The fourth-order valence-electron chi connectivity index (χ4n) is 3.47. The summed E-state index contributed by atoms with van der Waals surface area (Å²) in [4.78, 5) is 13.4. The fourth-order valence-corrected chi connectivity index (χ4v) is 3.60. The van der Waals surface area contributed by atoms with E-state index in [0.717, 1.165) is 28.0 Å². The van der Waals surface area contributed by atoms with E-state index in [1.165, 1.54) is 0 Å². The minimum absolute atomic E-state index is 0.187. The Bertz CT molecular complexity index is 1260. The quantitative estimate of drug-likeness (QED) is 0.379. The third kappa shape index (κ3) is 3.91. The molecule has 5 heteroatoms. The Labute approximate surface area is 179 Å². The van der Waals surface area contributed by atoms with E-state index in [1.807, 2.05) is 62.4 Å². The SMILES string of the molecule is COc1ccc(-c2oc3cc(C)cc(C)c3c(=O)c2OCc2ccc(Cl)cc2)cc1. The van der Waals surface area contributed by atoms with Gasteiger partial charge in [-0.3, -0.25) is 4.79 Å². The van der Waals surface area contributed by atoms with Crippen LogP contribution in [0.1, 0.15) is 16.7 Å². The van der Waals surface area contributed by atoms with E-state index in [9.17, 15) is 4.79 Å². The van der Waals surface area contributed by atoms with Crippen molar-refractivity contribution in [3.63, 3.8) is 0 Å². The first-order valence-corrected chi connectivity index (χ1v) is 9.94. The monoisotopic (exact) mass is 420 g/mol. The van der Waals surface area contributed by atoms with Gasteiger partial charge >= 0.3 is 0 Å². The van der Waals surface area contributed by atoms with Crippen molar-refractivity contribution in [2.45, 2.75) is 20.5 Å². The van der Waals surface area contributed by atoms with E-state index in [2.05, 4.69) is 0 Å². The Morgan fingerprint density at radius 1 is 0.967 bits per heavy atom. The molecule has 1 aromatic heterocycles. The molecule has 4 aromatic rings. The number of halogens is 1. The second kappa shape index (κ2) is 8.25. The van der Waals surface area contributed by atoms with Crippen molar-refractivity contribution in [2.75, 3.05) is 7.11 Å². The highest BCUT2D eigenvalue weighted by Crippen LogP contribution is 2.33. The minimum Gasteiger partial charge on any atom is -0.497 e. The number of benzene rings is 3. The molecule has 0 aliphatic rings. The molecule has 1 heterocycles. The third-order valence-electron chi connectivity index (χ3n) is 4.94. The van der Waals surface area contributed by atoms with Crippen LogP contribution in [0.25, 0.3) is 22.3 Å². The van der Waals surface area contributed by atoms with Gasteiger partial charge in [0, 0.05) is 10.6 Å². The van der Waals surface area contributed by atoms with Crippen molar-refractivity contribution in [1.29, 1.82) is 0 Å². The Morgan fingerprint density at radius 2 is 1.67 bits per heavy atom. The van der Waals surface area contributed by atoms with Gasteiger partial charge in [0.2, 0.25) is 11.2 Å². The Morgan fingerprint density at radius 3 is 2.33 bits per heavy atom. The van der Waals surface area contributed by atoms with Gasteiger partial charge in [0.1, 0.15) is 17.9 Å². The molecule has 0 aliphatic carbocycles. The topological polar surface area (TPSA) is 48.7 Å². The van der Waals surface area contributed by atoms with Crippen LogP contribution in [0.15, 0.2) is 69.9 Å². The van der Waals surface area contributed by atoms with Crippen LogP contribution in [-0.4, -0.2) is 7.11 Å². The van der Waals surface area contributed by atoms with Crippen LogP contribution in [-0.2, 0) is 6.61 Å². The van der Waals surface area contributed by atoms with Crippen molar-refractivity contribution in [3.05, 3.63) is 92.6 Å². The predicted octanol–water partition coefficient (Wildman–Crippen LogP) is 6.32. The van der Waals surface area contributed by atoms with Gasteiger partial charge < -0.3 is 13.9 Å². The molecule has 4 nitrogen and oxygen atoms in total. The number of ether oxygens (including phenoxy) is 2. The van der Waals surface area contributed by atoms with Gasteiger partial charge in [-0.05, 0) is 73.0 Å². The van der Waals surface area contributed by atoms with Gasteiger partial charge in [-0.25, -0.2) is 0 Å². The highest BCUT2D eigenvalue weighted by Gasteiger charge is 2.19. The lowest BCUT2D eigenvalue weighted by molar-refractivity contribution is 0.298. The van der Waals surface area contributed by atoms with Crippen molar-refractivity contribution in [3.8, 4) is 22.8 Å². The first kappa shape index (κ1) is 20.0. The lowest BCUT2D eigenvalue weighted by atomic mass is 10.0. The number of methoxy groups -OCH3 is 1. The van der Waals surface area contributed by atoms with E-state index in [4.69, 9.17) is 25.5 Å². The highest BCUT2D eigenvalue weighted by atomic mass is 35.5. The number of fused-ring (bicyclic) bond motifs is 1. The first-order chi connectivity index (χ1) is 14.5. The van der Waals surface area contributed by atoms with Gasteiger partial charge in [0.15, 0.2) is 5.76 Å². The normalized spacial score (nSPS) is 10.9. The van der Waals surface area contributed by atoms with Gasteiger partial charge in [-0.15, -0.1) is 0 Å². The van der Waals surface area contributed by atoms with Crippen LogP contribution < -0.4 is 14.9 Å². The number of aryl methyl sites for hydroxylation is 2. The summed E-state index contributed by atoms with van der Waals surface area (Å²) in [7, 11) is 1.61. The van der Waals surface area contributed by atoms with Gasteiger partial charge in [-0.2, -0.15) is 0 Å². The Balaban J connectivity index is 1.86. The molecule has 0 saturated carbocycles. The van der Waals surface area contributed by atoms with E-state index >= 15 is 0 Å². The second-order valence-electron chi connectivity index (χ2n) is 7.19. The van der Waals surface area contributed by atoms with E-state index in [-0.39, 0.29) is 17.8 Å². The fraction of sp³-hybridized carbons (Fsp3) is 0.160. The average Bonchev–Trinajstić information content (AvgIpc) is 2.73. The molecular formula is C25H21ClO4. The summed E-state index contributed by atoms with van der Waals surface area (Å²) in [5.74, 6) is 1.31. The summed E-state index contributed by atoms with van der Waals surface area (Å²) < 4.78 is 17.5. The molecule has 0 bridgehead atoms. The summed E-state index contributed by atoms with van der Waals surface area (Å²) in [5, 5.41) is 1.18. The van der Waals surface area contributed by atoms with Crippen molar-refractivity contribution in [2.24, 2.45) is 0 Å². The largest absolute Gasteiger partial charge is 0.497 e. The molecule has 0 N–H and O–H groups in total. The minimum atomic E-state index is -0.187. The molecule has 0 saturated heterocycles. The molecule has 0 unspecified atom stereocenters. The molecule has 0 amide bonds. The number of hydrogen-bond acceptors (Lipinski definition) is 4. The van der Waals surface area contributed by atoms with Crippen LogP contribution in [0.2, 0.25) is 5.02 Å². The van der Waals surface area contributed by atoms with Gasteiger partial charge in [0.05, 0.1) is 12.5 Å². The number of hydrogen-bond donors (Lipinski definition) is 0. The van der Waals surface area contributed by atoms with Crippen LogP contribution >= 0.6 is 11.6 Å². The first-order valence-electron chi connectivity index (χ1n) is 9.56. The lowest BCUT2D eigenvalue weighted by Gasteiger charge is -2.13. The van der Waals surface area contributed by atoms with Crippen LogP contribution in [0.3, 0.4) is 0 Å². The molecule has 0 spiro atoms. The molecule has 4 rings (SSSR count). The third-order valence-corrected chi connectivity index (χ3v) is 5.20. The highest BCUT2D eigenvalue weighted by molar-refractivity contribution is 6.30. The molecule has 152 valence electrons. The summed E-state index contributed by atoms with van der Waals surface area (Å²) in [6.07, 6.45) is 0. The Kier molecular flexibility index (Phi) is 5.51. The summed E-state index contributed by atoms with van der Waals surface area (Å²) in [6.45, 7) is 4.11. The summed E-state index contributed by atoms with van der Waals surface area (Å²) in [6, 6.07) is 18.5. The smallest absolute Gasteiger partial charge is 0.235 e. The van der Waals surface area contributed by atoms with Crippen LogP contribution in [0.5, 0.6) is 11.5 Å². The van der Waals surface area contributed by atoms with Crippen molar-refractivity contribution >= 4 is 22.6 Å². The van der Waals surface area contributed by atoms with Crippen molar-refractivity contribution in [1.82, 2.24) is 0 Å². The Hall–Kier alpha value is -3.24. The maximum Gasteiger partial charge on any atom is 0.235 e. The lowest BCUT2D eigenvalue weighted by Crippen LogP contribution is -2.11. The molecule has 0 atom stereocenters. The predicted molar refractivity (Wildman–Crippen MR) is 120 cm³/mol. The zero-order chi connectivity index (χ0) is 21.3. The zero-order valence-electron chi connectivity index (χ0n) is 17.0. The summed E-state index contributed by atoms with van der Waals surface area (Å²) in [5.41, 5.74) is 3.88. The standard InChI is InChI=1S/C25H21ClO4/c1-15-12-16(2)22-21(13-15)30-24(18-6-10-20(28-3)11-7-18)25(23(22)27)29-14-17-4-8-19(26)9-5-17/h4-13H,14H2,1-3H3. The van der Waals surface area contributed by atoms with Gasteiger partial charge in [-0.1, -0.05) is 29.8 Å². The second-order valence-corrected chi connectivity index (χ2v) is 7.62. The summed E-state index contributed by atoms with van der Waals surface area (Å²) >= 11 is 5.96. The van der Waals surface area contributed by atoms with E-state index < -0.39 is 0 Å². The number of rotatable bonds is 5. The van der Waals surface area contributed by atoms with Gasteiger partial charge in [0.25, 0.3) is 0 Å². The molecule has 0 aliphatic heterocycles. The maximum absolute atomic E-state index is 13.4. The molecule has 0 fully saturated rings. The molecular weight excluding hydrogens is 400 g/mol. The van der Waals surface area contributed by atoms with Crippen LogP contribution in [0.4, 0.5) is 0 Å². The molecule has 0 radical (unpaired) electrons. The van der Waals surface area contributed by atoms with Crippen molar-refractivity contribution < 1.29 is 13.9 Å². The maximum atomic E-state index is 13.4. The molecule has 30 heavy (non-hydrogen) atoms. The average molecular weight is 421 g/mol. The van der Waals surface area contributed by atoms with E-state index in [1.54, 1.807) is 19.2 Å². The van der Waals surface area contributed by atoms with E-state index in [0.29, 0.717) is 21.8 Å². The van der Waals surface area contributed by atoms with Crippen LogP contribution in [0, 0.1) is 13.8 Å². The molecule has 3 aromatic carbocycles.